The number of nitrogens with zero attached hydrogens (tertiary/aromatic N) is 1. The van der Waals surface area contributed by atoms with Crippen LogP contribution in [0, 0.1) is 5.92 Å². The number of nitrogens with one attached hydrogen (secondary N) is 3. The van der Waals surface area contributed by atoms with E-state index in [1.165, 1.54) is 38.6 Å². The number of rotatable bonds is 3. The molecule has 3 atom stereocenters. The van der Waals surface area contributed by atoms with E-state index in [4.69, 9.17) is 0 Å². The van der Waals surface area contributed by atoms with Gasteiger partial charge in [0, 0.05) is 18.3 Å². The molecule has 2 aliphatic rings. The van der Waals surface area contributed by atoms with Crippen molar-refractivity contribution in [2.75, 3.05) is 11.9 Å². The first-order valence-corrected chi connectivity index (χ1v) is 6.42. The molecule has 3 N–H and O–H groups in total. The predicted molar refractivity (Wildman–Crippen MR) is 64.4 cm³/mol. The van der Waals surface area contributed by atoms with Gasteiger partial charge in [0.25, 0.3) is 0 Å². The summed E-state index contributed by atoms with van der Waals surface area (Å²) in [5, 5.41) is 14.1. The molecule has 3 unspecified atom stereocenters. The first-order chi connectivity index (χ1) is 7.93. The highest BCUT2D eigenvalue weighted by Gasteiger charge is 2.34. The third-order valence-electron chi connectivity index (χ3n) is 4.03. The third-order valence-corrected chi connectivity index (χ3v) is 4.03. The Morgan fingerprint density at radius 2 is 2.25 bits per heavy atom. The van der Waals surface area contributed by atoms with Gasteiger partial charge in [-0.05, 0) is 38.1 Å². The van der Waals surface area contributed by atoms with E-state index >= 15 is 0 Å². The van der Waals surface area contributed by atoms with Gasteiger partial charge in [0.1, 0.15) is 0 Å². The van der Waals surface area contributed by atoms with Crippen LogP contribution in [-0.2, 0) is 0 Å². The van der Waals surface area contributed by atoms with Crippen molar-refractivity contribution in [1.29, 1.82) is 0 Å². The van der Waals surface area contributed by atoms with Crippen molar-refractivity contribution in [2.24, 2.45) is 5.92 Å². The molecule has 0 spiro atoms. The largest absolute Gasteiger partial charge is 0.379 e. The van der Waals surface area contributed by atoms with Crippen LogP contribution in [-0.4, -0.2) is 28.8 Å². The van der Waals surface area contributed by atoms with Crippen molar-refractivity contribution in [3.05, 3.63) is 12.4 Å². The Morgan fingerprint density at radius 1 is 1.25 bits per heavy atom. The van der Waals surface area contributed by atoms with Crippen LogP contribution < -0.4 is 10.6 Å². The van der Waals surface area contributed by atoms with Crippen molar-refractivity contribution < 1.29 is 0 Å². The smallest absolute Gasteiger partial charge is 0.0726 e. The van der Waals surface area contributed by atoms with E-state index in [0.717, 1.165) is 17.6 Å². The Hall–Kier alpha value is -1.03. The van der Waals surface area contributed by atoms with Gasteiger partial charge in [-0.15, -0.1) is 0 Å². The van der Waals surface area contributed by atoms with E-state index in [1.54, 1.807) is 0 Å². The second-order valence-corrected chi connectivity index (χ2v) is 5.04. The van der Waals surface area contributed by atoms with Gasteiger partial charge in [-0.2, -0.15) is 5.10 Å². The second kappa shape index (κ2) is 4.45. The predicted octanol–water partition coefficient (Wildman–Crippen LogP) is 1.74. The van der Waals surface area contributed by atoms with Crippen molar-refractivity contribution >= 4 is 5.69 Å². The molecule has 2 fully saturated rings. The summed E-state index contributed by atoms with van der Waals surface area (Å²) in [4.78, 5) is 0. The number of hydrogen-bond donors (Lipinski definition) is 3. The minimum Gasteiger partial charge on any atom is -0.379 e. The summed E-state index contributed by atoms with van der Waals surface area (Å²) in [5.41, 5.74) is 1.13. The number of aromatic nitrogens is 2. The van der Waals surface area contributed by atoms with Crippen molar-refractivity contribution in [3.8, 4) is 0 Å². The summed E-state index contributed by atoms with van der Waals surface area (Å²) in [6.07, 6.45) is 10.5. The van der Waals surface area contributed by atoms with Gasteiger partial charge in [0.15, 0.2) is 0 Å². The highest BCUT2D eigenvalue weighted by atomic mass is 15.1. The normalized spacial score (nSPS) is 34.4. The summed E-state index contributed by atoms with van der Waals surface area (Å²) >= 11 is 0. The zero-order valence-electron chi connectivity index (χ0n) is 9.58. The summed E-state index contributed by atoms with van der Waals surface area (Å²) in [5.74, 6) is 0.803. The van der Waals surface area contributed by atoms with Crippen LogP contribution in [0.2, 0.25) is 0 Å². The number of aromatic amines is 1. The zero-order valence-corrected chi connectivity index (χ0v) is 9.58. The average molecular weight is 220 g/mol. The SMILES string of the molecule is c1n[nH]cc1NC1CCCC1C1CCCN1. The molecule has 1 saturated carbocycles. The first-order valence-electron chi connectivity index (χ1n) is 6.42. The number of hydrogen-bond acceptors (Lipinski definition) is 3. The van der Waals surface area contributed by atoms with Crippen molar-refractivity contribution in [3.63, 3.8) is 0 Å². The quantitative estimate of drug-likeness (QED) is 0.727. The highest BCUT2D eigenvalue weighted by Crippen LogP contribution is 2.33. The van der Waals surface area contributed by atoms with Crippen LogP contribution >= 0.6 is 0 Å². The molecule has 1 aliphatic heterocycles. The first kappa shape index (κ1) is 10.1. The van der Waals surface area contributed by atoms with Gasteiger partial charge in [-0.1, -0.05) is 6.42 Å². The maximum atomic E-state index is 3.98. The fourth-order valence-electron chi connectivity index (χ4n) is 3.27. The van der Waals surface area contributed by atoms with Crippen LogP contribution in [0.3, 0.4) is 0 Å². The molecule has 0 bridgehead atoms. The van der Waals surface area contributed by atoms with E-state index in [2.05, 4.69) is 20.8 Å². The van der Waals surface area contributed by atoms with Gasteiger partial charge in [0.2, 0.25) is 0 Å². The molecule has 1 saturated heterocycles. The van der Waals surface area contributed by atoms with Gasteiger partial charge in [0.05, 0.1) is 11.9 Å². The van der Waals surface area contributed by atoms with Crippen LogP contribution in [0.25, 0.3) is 0 Å². The lowest BCUT2D eigenvalue weighted by Gasteiger charge is -2.26. The van der Waals surface area contributed by atoms with Gasteiger partial charge in [-0.3, -0.25) is 5.10 Å². The second-order valence-electron chi connectivity index (χ2n) is 5.04. The van der Waals surface area contributed by atoms with Gasteiger partial charge in [-0.25, -0.2) is 0 Å². The maximum Gasteiger partial charge on any atom is 0.0726 e. The Morgan fingerprint density at radius 3 is 3.00 bits per heavy atom. The minimum absolute atomic E-state index is 0.633. The van der Waals surface area contributed by atoms with Crippen LogP contribution in [0.4, 0.5) is 5.69 Å². The Labute approximate surface area is 96.2 Å². The lowest BCUT2D eigenvalue weighted by Crippen LogP contribution is -2.38. The fraction of sp³-hybridized carbons (Fsp3) is 0.750. The number of anilines is 1. The summed E-state index contributed by atoms with van der Waals surface area (Å²) < 4.78 is 0. The monoisotopic (exact) mass is 220 g/mol. The number of H-pyrrole nitrogens is 1. The molecule has 0 aromatic carbocycles. The van der Waals surface area contributed by atoms with E-state index in [1.807, 2.05) is 12.4 Å². The molecule has 88 valence electrons. The molecule has 0 radical (unpaired) electrons. The van der Waals surface area contributed by atoms with E-state index < -0.39 is 0 Å². The molecule has 1 aromatic rings. The minimum atomic E-state index is 0.633. The Balaban J connectivity index is 1.64. The molecule has 0 amide bonds. The maximum absolute atomic E-state index is 3.98. The molecule has 1 aliphatic carbocycles. The van der Waals surface area contributed by atoms with E-state index in [9.17, 15) is 0 Å². The molecule has 16 heavy (non-hydrogen) atoms. The Bertz CT molecular complexity index is 316. The third kappa shape index (κ3) is 1.94. The van der Waals surface area contributed by atoms with Gasteiger partial charge >= 0.3 is 0 Å². The average Bonchev–Trinajstić information content (AvgIpc) is 2.98. The molecule has 1 aromatic heterocycles. The van der Waals surface area contributed by atoms with E-state index in [-0.39, 0.29) is 0 Å². The summed E-state index contributed by atoms with van der Waals surface area (Å²) in [6, 6.07) is 1.38. The fourth-order valence-corrected chi connectivity index (χ4v) is 3.27. The summed E-state index contributed by atoms with van der Waals surface area (Å²) in [7, 11) is 0. The van der Waals surface area contributed by atoms with Crippen molar-refractivity contribution in [2.45, 2.75) is 44.2 Å². The molecule has 4 heteroatoms. The molecule has 4 nitrogen and oxygen atoms in total. The lowest BCUT2D eigenvalue weighted by molar-refractivity contribution is 0.376. The Kier molecular flexibility index (Phi) is 2.82. The topological polar surface area (TPSA) is 52.7 Å². The van der Waals surface area contributed by atoms with Crippen LogP contribution in [0.1, 0.15) is 32.1 Å². The zero-order chi connectivity index (χ0) is 10.8. The molecule has 3 rings (SSSR count). The van der Waals surface area contributed by atoms with Crippen molar-refractivity contribution in [1.82, 2.24) is 15.5 Å². The van der Waals surface area contributed by atoms with Crippen LogP contribution in [0.15, 0.2) is 12.4 Å². The van der Waals surface area contributed by atoms with Gasteiger partial charge < -0.3 is 10.6 Å². The molecular formula is C12H20N4. The summed E-state index contributed by atoms with van der Waals surface area (Å²) in [6.45, 7) is 1.21. The highest BCUT2D eigenvalue weighted by molar-refractivity contribution is 5.39. The van der Waals surface area contributed by atoms with E-state index in [0.29, 0.717) is 6.04 Å². The molecular weight excluding hydrogens is 200 g/mol. The lowest BCUT2D eigenvalue weighted by atomic mass is 9.93. The molecule has 2 heterocycles. The standard InChI is InChI=1S/C12H20N4/c1-3-10(11-5-2-6-13-11)12(4-1)16-9-7-14-15-8-9/h7-8,10-13,16H,1-6H2,(H,14,15). The van der Waals surface area contributed by atoms with Crippen LogP contribution in [0.5, 0.6) is 0 Å².